The molecule has 0 radical (unpaired) electrons. The third-order valence-corrected chi connectivity index (χ3v) is 6.99. The summed E-state index contributed by atoms with van der Waals surface area (Å²) >= 11 is 6.24. The molecule has 3 heterocycles. The summed E-state index contributed by atoms with van der Waals surface area (Å²) in [4.78, 5) is 31.4. The van der Waals surface area contributed by atoms with E-state index in [1.54, 1.807) is 17.0 Å². The number of H-pyrrole nitrogens is 1. The molecule has 0 bridgehead atoms. The summed E-state index contributed by atoms with van der Waals surface area (Å²) in [7, 11) is 1.52. The van der Waals surface area contributed by atoms with Crippen molar-refractivity contribution in [3.63, 3.8) is 0 Å². The third-order valence-electron chi connectivity index (χ3n) is 6.69. The highest BCUT2D eigenvalue weighted by molar-refractivity contribution is 6.33. The molecule has 2 aromatic heterocycles. The number of nitrogens with zero attached hydrogens (tertiary/aromatic N) is 3. The Balaban J connectivity index is 1.31. The zero-order valence-electron chi connectivity index (χ0n) is 18.9. The molecule has 9 nitrogen and oxygen atoms in total. The van der Waals surface area contributed by atoms with Gasteiger partial charge in [0, 0.05) is 36.7 Å². The van der Waals surface area contributed by atoms with E-state index in [-0.39, 0.29) is 23.8 Å². The number of aromatic nitrogens is 3. The number of aromatic amines is 1. The van der Waals surface area contributed by atoms with Gasteiger partial charge in [0.05, 0.1) is 29.6 Å². The van der Waals surface area contributed by atoms with E-state index in [9.17, 15) is 14.7 Å². The highest BCUT2D eigenvalue weighted by Crippen LogP contribution is 2.30. The fourth-order valence-electron chi connectivity index (χ4n) is 4.52. The second-order valence-electron chi connectivity index (χ2n) is 9.22. The van der Waals surface area contributed by atoms with Crippen LogP contribution in [0.2, 0.25) is 5.02 Å². The molecule has 2 amide bonds. The number of hydrogen-bond donors (Lipinski definition) is 3. The first kappa shape index (κ1) is 23.5. The second kappa shape index (κ2) is 9.69. The van der Waals surface area contributed by atoms with Crippen LogP contribution in [0.25, 0.3) is 11.3 Å². The smallest absolute Gasteiger partial charge is 0.274 e. The van der Waals surface area contributed by atoms with Gasteiger partial charge in [0.1, 0.15) is 0 Å². The van der Waals surface area contributed by atoms with Crippen LogP contribution in [0.5, 0.6) is 5.88 Å². The lowest BCUT2D eigenvalue weighted by molar-refractivity contribution is -0.127. The summed E-state index contributed by atoms with van der Waals surface area (Å²) in [5, 5.41) is 20.7. The SMILES string of the molecule is COc1cc(-c2cc(C(=O)N3CCC(C(=O)N[C@H]4CC[C@@](C)(O)CC4)CC3)n[nH]2)c(Cl)cn1. The van der Waals surface area contributed by atoms with Crippen molar-refractivity contribution >= 4 is 23.4 Å². The number of carbonyl (C=O) groups is 2. The number of rotatable bonds is 5. The average Bonchev–Trinajstić information content (AvgIpc) is 3.30. The van der Waals surface area contributed by atoms with Crippen molar-refractivity contribution in [3.8, 4) is 17.1 Å². The number of piperidine rings is 1. The summed E-state index contributed by atoms with van der Waals surface area (Å²) < 4.78 is 5.14. The number of aliphatic hydroxyl groups is 1. The molecule has 2 aliphatic rings. The van der Waals surface area contributed by atoms with Crippen molar-refractivity contribution in [3.05, 3.63) is 29.0 Å². The number of nitrogens with one attached hydrogen (secondary N) is 2. The first-order valence-electron chi connectivity index (χ1n) is 11.3. The number of pyridine rings is 1. The Kier molecular flexibility index (Phi) is 6.90. The molecule has 0 atom stereocenters. The van der Waals surface area contributed by atoms with Gasteiger partial charge in [-0.25, -0.2) is 4.98 Å². The predicted octanol–water partition coefficient (Wildman–Crippen LogP) is 2.80. The van der Waals surface area contributed by atoms with Crippen molar-refractivity contribution in [1.29, 1.82) is 0 Å². The summed E-state index contributed by atoms with van der Waals surface area (Å²) in [6.07, 6.45) is 5.72. The first-order chi connectivity index (χ1) is 15.8. The van der Waals surface area contributed by atoms with E-state index in [0.29, 0.717) is 66.6 Å². The van der Waals surface area contributed by atoms with Gasteiger partial charge in [0.25, 0.3) is 5.91 Å². The van der Waals surface area contributed by atoms with Crippen LogP contribution >= 0.6 is 11.6 Å². The van der Waals surface area contributed by atoms with Crippen LogP contribution < -0.4 is 10.1 Å². The Morgan fingerprint density at radius 1 is 1.24 bits per heavy atom. The van der Waals surface area contributed by atoms with E-state index < -0.39 is 5.60 Å². The minimum atomic E-state index is -0.617. The lowest BCUT2D eigenvalue weighted by Crippen LogP contribution is -2.47. The zero-order chi connectivity index (χ0) is 23.6. The van der Waals surface area contributed by atoms with Crippen molar-refractivity contribution < 1.29 is 19.4 Å². The second-order valence-corrected chi connectivity index (χ2v) is 9.63. The van der Waals surface area contributed by atoms with Gasteiger partial charge >= 0.3 is 0 Å². The molecular weight excluding hydrogens is 446 g/mol. The Morgan fingerprint density at radius 2 is 1.94 bits per heavy atom. The molecule has 1 saturated carbocycles. The molecule has 10 heteroatoms. The van der Waals surface area contributed by atoms with Crippen LogP contribution in [-0.4, -0.2) is 68.8 Å². The Morgan fingerprint density at radius 3 is 2.61 bits per heavy atom. The third kappa shape index (κ3) is 5.47. The molecule has 2 fully saturated rings. The van der Waals surface area contributed by atoms with Gasteiger partial charge in [0.15, 0.2) is 5.69 Å². The van der Waals surface area contributed by atoms with Gasteiger partial charge in [-0.1, -0.05) is 11.6 Å². The highest BCUT2D eigenvalue weighted by atomic mass is 35.5. The molecule has 1 aliphatic carbocycles. The minimum absolute atomic E-state index is 0.0528. The van der Waals surface area contributed by atoms with Crippen LogP contribution in [0.3, 0.4) is 0 Å². The summed E-state index contributed by atoms with van der Waals surface area (Å²) in [5.41, 5.74) is 0.932. The van der Waals surface area contributed by atoms with Crippen molar-refractivity contribution in [2.45, 2.75) is 57.1 Å². The van der Waals surface area contributed by atoms with Crippen LogP contribution in [0.15, 0.2) is 18.3 Å². The Hall–Kier alpha value is -2.65. The highest BCUT2D eigenvalue weighted by Gasteiger charge is 2.33. The average molecular weight is 476 g/mol. The number of methoxy groups -OCH3 is 1. The zero-order valence-corrected chi connectivity index (χ0v) is 19.7. The van der Waals surface area contributed by atoms with Crippen molar-refractivity contribution in [2.24, 2.45) is 5.92 Å². The van der Waals surface area contributed by atoms with Gasteiger partial charge in [-0.3, -0.25) is 14.7 Å². The molecule has 4 rings (SSSR count). The minimum Gasteiger partial charge on any atom is -0.481 e. The molecule has 33 heavy (non-hydrogen) atoms. The van der Waals surface area contributed by atoms with Gasteiger partial charge < -0.3 is 20.1 Å². The first-order valence-corrected chi connectivity index (χ1v) is 11.7. The molecule has 178 valence electrons. The van der Waals surface area contributed by atoms with Gasteiger partial charge in [0.2, 0.25) is 11.8 Å². The molecular formula is C23H30ClN5O4. The normalized spacial score (nSPS) is 23.9. The quantitative estimate of drug-likeness (QED) is 0.611. The topological polar surface area (TPSA) is 120 Å². The monoisotopic (exact) mass is 475 g/mol. The molecule has 1 saturated heterocycles. The molecule has 3 N–H and O–H groups in total. The van der Waals surface area contributed by atoms with E-state index in [1.807, 2.05) is 6.92 Å². The summed E-state index contributed by atoms with van der Waals surface area (Å²) in [5.74, 6) is 0.185. The van der Waals surface area contributed by atoms with Gasteiger partial charge in [-0.05, 0) is 51.5 Å². The van der Waals surface area contributed by atoms with E-state index in [0.717, 1.165) is 12.8 Å². The van der Waals surface area contributed by atoms with E-state index in [4.69, 9.17) is 16.3 Å². The number of amides is 2. The van der Waals surface area contributed by atoms with Gasteiger partial charge in [-0.2, -0.15) is 5.10 Å². The standard InChI is InChI=1S/C23H30ClN5O4/c1-23(32)7-3-15(4-8-23)26-21(30)14-5-9-29(10-6-14)22(31)19-12-18(27-28-19)16-11-20(33-2)25-13-17(16)24/h11-15,32H,3-10H2,1-2H3,(H,26,30)(H,27,28)/t15-,23+. The summed E-state index contributed by atoms with van der Waals surface area (Å²) in [6.45, 7) is 2.85. The molecule has 0 spiro atoms. The maximum Gasteiger partial charge on any atom is 0.274 e. The van der Waals surface area contributed by atoms with E-state index in [2.05, 4.69) is 20.5 Å². The fraction of sp³-hybridized carbons (Fsp3) is 0.565. The number of halogens is 1. The number of ether oxygens (including phenoxy) is 1. The molecule has 1 aliphatic heterocycles. The van der Waals surface area contributed by atoms with Crippen molar-refractivity contribution in [1.82, 2.24) is 25.4 Å². The number of hydrogen-bond acceptors (Lipinski definition) is 6. The lowest BCUT2D eigenvalue weighted by atomic mass is 9.83. The molecule has 0 unspecified atom stereocenters. The Bertz CT molecular complexity index is 1010. The number of likely N-dealkylation sites (tertiary alicyclic amines) is 1. The maximum atomic E-state index is 13.0. The fourth-order valence-corrected chi connectivity index (χ4v) is 4.72. The lowest BCUT2D eigenvalue weighted by Gasteiger charge is -2.35. The maximum absolute atomic E-state index is 13.0. The van der Waals surface area contributed by atoms with Gasteiger partial charge in [-0.15, -0.1) is 0 Å². The van der Waals surface area contributed by atoms with Crippen LogP contribution in [0, 0.1) is 5.92 Å². The number of carbonyl (C=O) groups excluding carboxylic acids is 2. The van der Waals surface area contributed by atoms with E-state index in [1.165, 1.54) is 13.3 Å². The summed E-state index contributed by atoms with van der Waals surface area (Å²) in [6, 6.07) is 3.47. The van der Waals surface area contributed by atoms with Crippen molar-refractivity contribution in [2.75, 3.05) is 20.2 Å². The Labute approximate surface area is 197 Å². The predicted molar refractivity (Wildman–Crippen MR) is 123 cm³/mol. The largest absolute Gasteiger partial charge is 0.481 e. The van der Waals surface area contributed by atoms with Crippen LogP contribution in [0.1, 0.15) is 55.9 Å². The molecule has 0 aromatic carbocycles. The van der Waals surface area contributed by atoms with Crippen LogP contribution in [-0.2, 0) is 4.79 Å². The van der Waals surface area contributed by atoms with E-state index >= 15 is 0 Å². The molecule has 2 aromatic rings. The van der Waals surface area contributed by atoms with Crippen LogP contribution in [0.4, 0.5) is 0 Å².